The normalized spacial score (nSPS) is 11.4. The van der Waals surface area contributed by atoms with Crippen LogP contribution in [0.15, 0.2) is 109 Å². The van der Waals surface area contributed by atoms with Crippen molar-refractivity contribution in [1.29, 1.82) is 0 Å². The first kappa shape index (κ1) is 29.8. The molecule has 0 saturated carbocycles. The van der Waals surface area contributed by atoms with E-state index in [1.165, 1.54) is 0 Å². The highest BCUT2D eigenvalue weighted by atomic mass is 16.5. The summed E-state index contributed by atoms with van der Waals surface area (Å²) in [6.45, 7) is 1.87. The number of fused-ring (bicyclic) bond motifs is 1. The fourth-order valence-corrected chi connectivity index (χ4v) is 4.94. The molecule has 9 nitrogen and oxygen atoms in total. The van der Waals surface area contributed by atoms with E-state index < -0.39 is 23.8 Å². The van der Waals surface area contributed by atoms with Gasteiger partial charge in [-0.1, -0.05) is 72.8 Å². The average molecular weight is 589 g/mol. The SMILES string of the molecule is CCOC(=O)C(Cc1ccccc1)NC(=O)c1ccccc1NC(=O)c1ccccc1NC(=O)Cc1c[nH]c2ccccc12. The Hall–Kier alpha value is -5.70. The van der Waals surface area contributed by atoms with Crippen LogP contribution in [0.25, 0.3) is 10.9 Å². The molecule has 5 rings (SSSR count). The summed E-state index contributed by atoms with van der Waals surface area (Å²) in [5.74, 6) is -1.89. The number of hydrogen-bond acceptors (Lipinski definition) is 5. The maximum atomic E-state index is 13.5. The molecule has 0 fully saturated rings. The van der Waals surface area contributed by atoms with E-state index >= 15 is 0 Å². The van der Waals surface area contributed by atoms with Gasteiger partial charge in [-0.2, -0.15) is 0 Å². The van der Waals surface area contributed by atoms with Crippen LogP contribution in [-0.2, 0) is 27.2 Å². The van der Waals surface area contributed by atoms with Crippen LogP contribution < -0.4 is 16.0 Å². The molecule has 0 spiro atoms. The summed E-state index contributed by atoms with van der Waals surface area (Å²) in [7, 11) is 0. The molecule has 1 aromatic heterocycles. The molecule has 0 aliphatic heterocycles. The Balaban J connectivity index is 1.30. The summed E-state index contributed by atoms with van der Waals surface area (Å²) in [5, 5.41) is 9.37. The van der Waals surface area contributed by atoms with E-state index in [1.807, 2.05) is 54.6 Å². The molecule has 4 N–H and O–H groups in total. The van der Waals surface area contributed by atoms with Gasteiger partial charge in [0.15, 0.2) is 0 Å². The predicted molar refractivity (Wildman–Crippen MR) is 170 cm³/mol. The number of para-hydroxylation sites is 3. The largest absolute Gasteiger partial charge is 0.464 e. The molecular weight excluding hydrogens is 556 g/mol. The summed E-state index contributed by atoms with van der Waals surface area (Å²) < 4.78 is 5.20. The van der Waals surface area contributed by atoms with Gasteiger partial charge in [-0.05, 0) is 48.4 Å². The highest BCUT2D eigenvalue weighted by Crippen LogP contribution is 2.22. The monoisotopic (exact) mass is 588 g/mol. The van der Waals surface area contributed by atoms with Gasteiger partial charge in [-0.25, -0.2) is 4.79 Å². The van der Waals surface area contributed by atoms with Crippen LogP contribution >= 0.6 is 0 Å². The number of carbonyl (C=O) groups excluding carboxylic acids is 4. The number of aromatic nitrogens is 1. The lowest BCUT2D eigenvalue weighted by molar-refractivity contribution is -0.145. The molecule has 1 unspecified atom stereocenters. The molecule has 44 heavy (non-hydrogen) atoms. The molecule has 0 aliphatic rings. The van der Waals surface area contributed by atoms with E-state index in [1.54, 1.807) is 61.7 Å². The third-order valence-electron chi connectivity index (χ3n) is 7.05. The van der Waals surface area contributed by atoms with Crippen LogP contribution in [0.2, 0.25) is 0 Å². The summed E-state index contributed by atoms with van der Waals surface area (Å²) in [6.07, 6.45) is 2.16. The molecule has 3 amide bonds. The number of hydrogen-bond donors (Lipinski definition) is 4. The number of nitrogens with one attached hydrogen (secondary N) is 4. The number of amides is 3. The van der Waals surface area contributed by atoms with Crippen LogP contribution in [0.1, 0.15) is 38.8 Å². The molecular formula is C35H32N4O5. The lowest BCUT2D eigenvalue weighted by Crippen LogP contribution is -2.43. The van der Waals surface area contributed by atoms with E-state index in [-0.39, 0.29) is 42.2 Å². The van der Waals surface area contributed by atoms with Crippen LogP contribution in [0.3, 0.4) is 0 Å². The Morgan fingerprint density at radius 2 is 1.34 bits per heavy atom. The molecule has 4 aromatic carbocycles. The van der Waals surface area contributed by atoms with Gasteiger partial charge in [0.05, 0.1) is 35.5 Å². The maximum Gasteiger partial charge on any atom is 0.328 e. The van der Waals surface area contributed by atoms with Crippen LogP contribution in [-0.4, -0.2) is 41.3 Å². The minimum absolute atomic E-state index is 0.119. The van der Waals surface area contributed by atoms with Crippen molar-refractivity contribution in [1.82, 2.24) is 10.3 Å². The highest BCUT2D eigenvalue weighted by molar-refractivity contribution is 6.13. The van der Waals surface area contributed by atoms with Crippen molar-refractivity contribution in [3.63, 3.8) is 0 Å². The zero-order valence-corrected chi connectivity index (χ0v) is 24.1. The van der Waals surface area contributed by atoms with Crippen molar-refractivity contribution in [3.05, 3.63) is 132 Å². The Morgan fingerprint density at radius 1 is 0.727 bits per heavy atom. The number of benzene rings is 4. The number of anilines is 2. The minimum Gasteiger partial charge on any atom is -0.464 e. The van der Waals surface area contributed by atoms with Gasteiger partial charge < -0.3 is 25.7 Å². The van der Waals surface area contributed by atoms with E-state index in [2.05, 4.69) is 20.9 Å². The average Bonchev–Trinajstić information content (AvgIpc) is 3.44. The molecule has 0 bridgehead atoms. The van der Waals surface area contributed by atoms with Crippen molar-refractivity contribution in [2.75, 3.05) is 17.2 Å². The van der Waals surface area contributed by atoms with Crippen molar-refractivity contribution in [2.24, 2.45) is 0 Å². The first-order valence-electron chi connectivity index (χ1n) is 14.3. The molecule has 0 saturated heterocycles. The number of H-pyrrole nitrogens is 1. The molecule has 0 aliphatic carbocycles. The van der Waals surface area contributed by atoms with Crippen molar-refractivity contribution >= 4 is 46.0 Å². The Bertz CT molecular complexity index is 1800. The fraction of sp³-hybridized carbons (Fsp3) is 0.143. The van der Waals surface area contributed by atoms with Gasteiger partial charge in [-0.15, -0.1) is 0 Å². The molecule has 1 atom stereocenters. The van der Waals surface area contributed by atoms with Gasteiger partial charge in [-0.3, -0.25) is 14.4 Å². The van der Waals surface area contributed by atoms with Gasteiger partial charge >= 0.3 is 5.97 Å². The smallest absolute Gasteiger partial charge is 0.328 e. The van der Waals surface area contributed by atoms with Crippen molar-refractivity contribution in [3.8, 4) is 0 Å². The number of carbonyl (C=O) groups is 4. The number of ether oxygens (including phenoxy) is 1. The van der Waals surface area contributed by atoms with Crippen molar-refractivity contribution in [2.45, 2.75) is 25.8 Å². The van der Waals surface area contributed by atoms with Gasteiger partial charge in [0.25, 0.3) is 11.8 Å². The van der Waals surface area contributed by atoms with E-state index in [9.17, 15) is 19.2 Å². The zero-order chi connectivity index (χ0) is 30.9. The molecule has 9 heteroatoms. The van der Waals surface area contributed by atoms with Crippen molar-refractivity contribution < 1.29 is 23.9 Å². The summed E-state index contributed by atoms with van der Waals surface area (Å²) >= 11 is 0. The first-order chi connectivity index (χ1) is 21.4. The Labute approximate surface area is 254 Å². The van der Waals surface area contributed by atoms with Gasteiger partial charge in [0, 0.05) is 23.5 Å². The van der Waals surface area contributed by atoms with Crippen LogP contribution in [0.4, 0.5) is 11.4 Å². The van der Waals surface area contributed by atoms with Crippen LogP contribution in [0.5, 0.6) is 0 Å². The number of aromatic amines is 1. The minimum atomic E-state index is -0.929. The quantitative estimate of drug-likeness (QED) is 0.151. The topological polar surface area (TPSA) is 129 Å². The lowest BCUT2D eigenvalue weighted by atomic mass is 10.0. The summed E-state index contributed by atoms with van der Waals surface area (Å²) in [4.78, 5) is 55.7. The summed E-state index contributed by atoms with van der Waals surface area (Å²) in [6, 6.07) is 29.3. The fourth-order valence-electron chi connectivity index (χ4n) is 4.94. The maximum absolute atomic E-state index is 13.5. The van der Waals surface area contributed by atoms with Gasteiger partial charge in [0.2, 0.25) is 5.91 Å². The molecule has 1 heterocycles. The highest BCUT2D eigenvalue weighted by Gasteiger charge is 2.25. The number of rotatable bonds is 11. The van der Waals surface area contributed by atoms with E-state index in [0.29, 0.717) is 5.69 Å². The second kappa shape index (κ2) is 14.0. The van der Waals surface area contributed by atoms with E-state index in [4.69, 9.17) is 4.74 Å². The van der Waals surface area contributed by atoms with Crippen LogP contribution in [0, 0.1) is 0 Å². The first-order valence-corrected chi connectivity index (χ1v) is 14.3. The Morgan fingerprint density at radius 3 is 2.07 bits per heavy atom. The molecule has 0 radical (unpaired) electrons. The third-order valence-corrected chi connectivity index (χ3v) is 7.05. The Kier molecular flexibility index (Phi) is 9.46. The lowest BCUT2D eigenvalue weighted by Gasteiger charge is -2.19. The standard InChI is InChI=1S/C35H32N4O5/c1-2-44-35(43)31(20-23-12-4-3-5-13-23)39-34(42)27-16-8-11-19-30(27)38-33(41)26-15-7-10-18-29(26)37-32(40)21-24-22-36-28-17-9-6-14-25(24)28/h3-19,22,31,36H,2,20-21H2,1H3,(H,37,40)(H,38,41)(H,39,42). The molecule has 222 valence electrons. The number of esters is 1. The zero-order valence-electron chi connectivity index (χ0n) is 24.1. The summed E-state index contributed by atoms with van der Waals surface area (Å²) in [5.41, 5.74) is 3.61. The van der Waals surface area contributed by atoms with E-state index in [0.717, 1.165) is 22.0 Å². The predicted octanol–water partition coefficient (Wildman–Crippen LogP) is 5.51. The third kappa shape index (κ3) is 7.19. The second-order valence-electron chi connectivity index (χ2n) is 10.1. The second-order valence-corrected chi connectivity index (χ2v) is 10.1. The van der Waals surface area contributed by atoms with Gasteiger partial charge in [0.1, 0.15) is 6.04 Å². The molecule has 5 aromatic rings.